The molecule has 25 heavy (non-hydrogen) atoms. The number of anilines is 2. The fraction of sp³-hybridized carbons (Fsp3) is 0.368. The fourth-order valence-corrected chi connectivity index (χ4v) is 2.83. The van der Waals surface area contributed by atoms with Crippen molar-refractivity contribution in [3.8, 4) is 0 Å². The first-order chi connectivity index (χ1) is 11.6. The minimum Gasteiger partial charge on any atom is -0.370 e. The van der Waals surface area contributed by atoms with Crippen LogP contribution in [0.1, 0.15) is 29.5 Å². The molecule has 3 N–H and O–H groups in total. The summed E-state index contributed by atoms with van der Waals surface area (Å²) in [5.41, 5.74) is 10.5. The second-order valence-electron chi connectivity index (χ2n) is 6.34. The molecule has 1 fully saturated rings. The van der Waals surface area contributed by atoms with Gasteiger partial charge in [0.1, 0.15) is 5.82 Å². The lowest BCUT2D eigenvalue weighted by Crippen LogP contribution is -2.22. The summed E-state index contributed by atoms with van der Waals surface area (Å²) in [7, 11) is 0. The molecule has 5 nitrogen and oxygen atoms in total. The summed E-state index contributed by atoms with van der Waals surface area (Å²) in [5, 5.41) is 3.14. The van der Waals surface area contributed by atoms with Crippen molar-refractivity contribution in [1.82, 2.24) is 4.98 Å². The molecular formula is C19H26IN5. The van der Waals surface area contributed by atoms with E-state index >= 15 is 0 Å². The molecule has 0 bridgehead atoms. The van der Waals surface area contributed by atoms with Gasteiger partial charge in [0.25, 0.3) is 0 Å². The maximum atomic E-state index is 5.98. The fourth-order valence-electron chi connectivity index (χ4n) is 2.83. The van der Waals surface area contributed by atoms with Gasteiger partial charge >= 0.3 is 0 Å². The van der Waals surface area contributed by atoms with Gasteiger partial charge in [0, 0.05) is 25.0 Å². The van der Waals surface area contributed by atoms with E-state index < -0.39 is 0 Å². The zero-order valence-corrected chi connectivity index (χ0v) is 17.2. The van der Waals surface area contributed by atoms with Gasteiger partial charge in [-0.05, 0) is 61.6 Å². The third kappa shape index (κ3) is 5.32. The average Bonchev–Trinajstić information content (AvgIpc) is 3.11. The van der Waals surface area contributed by atoms with Crippen LogP contribution in [-0.2, 0) is 6.54 Å². The number of nitrogens with two attached hydrogens (primary N) is 1. The van der Waals surface area contributed by atoms with E-state index in [4.69, 9.17) is 5.73 Å². The number of benzene rings is 1. The van der Waals surface area contributed by atoms with Crippen molar-refractivity contribution in [1.29, 1.82) is 0 Å². The van der Waals surface area contributed by atoms with Crippen molar-refractivity contribution in [2.24, 2.45) is 10.7 Å². The van der Waals surface area contributed by atoms with Crippen LogP contribution >= 0.6 is 24.0 Å². The van der Waals surface area contributed by atoms with E-state index in [0.29, 0.717) is 12.5 Å². The van der Waals surface area contributed by atoms with Crippen LogP contribution in [0.25, 0.3) is 0 Å². The first-order valence-electron chi connectivity index (χ1n) is 8.46. The number of guanidine groups is 1. The molecule has 1 aromatic carbocycles. The molecule has 1 saturated heterocycles. The van der Waals surface area contributed by atoms with Crippen LogP contribution in [0.15, 0.2) is 41.5 Å². The summed E-state index contributed by atoms with van der Waals surface area (Å²) in [5.74, 6) is 1.48. The van der Waals surface area contributed by atoms with Crippen molar-refractivity contribution in [2.75, 3.05) is 23.3 Å². The van der Waals surface area contributed by atoms with E-state index in [1.54, 1.807) is 0 Å². The normalized spacial score (nSPS) is 14.3. The molecule has 2 heterocycles. The smallest absolute Gasteiger partial charge is 0.193 e. The summed E-state index contributed by atoms with van der Waals surface area (Å²) in [6.07, 6.45) is 4.41. The number of halogens is 1. The van der Waals surface area contributed by atoms with Gasteiger partial charge in [-0.15, -0.1) is 24.0 Å². The number of aromatic nitrogens is 1. The van der Waals surface area contributed by atoms with Crippen LogP contribution in [-0.4, -0.2) is 24.0 Å². The Hall–Kier alpha value is -1.83. The SMILES string of the molecule is Cc1ccc(NC(N)=NCc2ccc(N3CCCC3)nc2)cc1C.I. The summed E-state index contributed by atoms with van der Waals surface area (Å²) >= 11 is 0. The topological polar surface area (TPSA) is 66.5 Å². The Labute approximate surface area is 166 Å². The molecule has 0 radical (unpaired) electrons. The Morgan fingerprint density at radius 1 is 1.16 bits per heavy atom. The first-order valence-corrected chi connectivity index (χ1v) is 8.46. The summed E-state index contributed by atoms with van der Waals surface area (Å²) in [4.78, 5) is 11.3. The molecule has 2 aromatic rings. The molecular weight excluding hydrogens is 425 g/mol. The van der Waals surface area contributed by atoms with E-state index in [9.17, 15) is 0 Å². The molecule has 1 aliphatic rings. The van der Waals surface area contributed by atoms with E-state index in [1.165, 1.54) is 24.0 Å². The zero-order valence-electron chi connectivity index (χ0n) is 14.8. The molecule has 1 aromatic heterocycles. The number of hydrogen-bond donors (Lipinski definition) is 2. The van der Waals surface area contributed by atoms with Crippen molar-refractivity contribution in [3.05, 3.63) is 53.2 Å². The highest BCUT2D eigenvalue weighted by atomic mass is 127. The molecule has 0 saturated carbocycles. The van der Waals surface area contributed by atoms with Gasteiger partial charge in [0.15, 0.2) is 5.96 Å². The first kappa shape index (κ1) is 19.5. The Bertz CT molecular complexity index is 721. The third-order valence-corrected chi connectivity index (χ3v) is 4.45. The highest BCUT2D eigenvalue weighted by molar-refractivity contribution is 14.0. The van der Waals surface area contributed by atoms with Crippen molar-refractivity contribution in [2.45, 2.75) is 33.2 Å². The van der Waals surface area contributed by atoms with Crippen LogP contribution in [0, 0.1) is 13.8 Å². The number of hydrogen-bond acceptors (Lipinski definition) is 3. The molecule has 0 spiro atoms. The minimum absolute atomic E-state index is 0. The molecule has 134 valence electrons. The van der Waals surface area contributed by atoms with E-state index in [0.717, 1.165) is 30.2 Å². The second-order valence-corrected chi connectivity index (χ2v) is 6.34. The molecule has 6 heteroatoms. The number of rotatable bonds is 4. The summed E-state index contributed by atoms with van der Waals surface area (Å²) in [6.45, 7) is 6.92. The maximum absolute atomic E-state index is 5.98. The predicted molar refractivity (Wildman–Crippen MR) is 116 cm³/mol. The second kappa shape index (κ2) is 9.03. The van der Waals surface area contributed by atoms with Crippen LogP contribution < -0.4 is 16.0 Å². The Kier molecular flexibility index (Phi) is 7.04. The van der Waals surface area contributed by atoms with Gasteiger partial charge in [-0.2, -0.15) is 0 Å². The molecule has 1 aliphatic heterocycles. The Balaban J connectivity index is 0.00000225. The highest BCUT2D eigenvalue weighted by Crippen LogP contribution is 2.18. The number of pyridine rings is 1. The van der Waals surface area contributed by atoms with Gasteiger partial charge in [0.05, 0.1) is 6.54 Å². The van der Waals surface area contributed by atoms with Crippen LogP contribution in [0.2, 0.25) is 0 Å². The van der Waals surface area contributed by atoms with Gasteiger partial charge in [-0.3, -0.25) is 0 Å². The predicted octanol–water partition coefficient (Wildman–Crippen LogP) is 3.84. The standard InChI is InChI=1S/C19H25N5.HI/c1-14-5-7-17(11-15(14)2)23-19(20)22-13-16-6-8-18(21-12-16)24-9-3-4-10-24;/h5-8,11-12H,3-4,9-10,13H2,1-2H3,(H3,20,22,23);1H. The molecule has 0 unspecified atom stereocenters. The molecule has 3 rings (SSSR count). The van der Waals surface area contributed by atoms with Gasteiger partial charge in [0.2, 0.25) is 0 Å². The maximum Gasteiger partial charge on any atom is 0.193 e. The Morgan fingerprint density at radius 2 is 1.92 bits per heavy atom. The van der Waals surface area contributed by atoms with E-state index in [2.05, 4.69) is 58.3 Å². The summed E-state index contributed by atoms with van der Waals surface area (Å²) < 4.78 is 0. The average molecular weight is 451 g/mol. The Morgan fingerprint density at radius 3 is 2.56 bits per heavy atom. The highest BCUT2D eigenvalue weighted by Gasteiger charge is 2.12. The van der Waals surface area contributed by atoms with E-state index in [-0.39, 0.29) is 24.0 Å². The number of aliphatic imine (C=N–C) groups is 1. The van der Waals surface area contributed by atoms with Gasteiger partial charge in [-0.1, -0.05) is 12.1 Å². The van der Waals surface area contributed by atoms with Crippen molar-refractivity contribution >= 4 is 41.4 Å². The lowest BCUT2D eigenvalue weighted by Gasteiger charge is -2.16. The minimum atomic E-state index is 0. The number of nitrogens with zero attached hydrogens (tertiary/aromatic N) is 3. The van der Waals surface area contributed by atoms with Crippen LogP contribution in [0.3, 0.4) is 0 Å². The molecule has 0 atom stereocenters. The van der Waals surface area contributed by atoms with Crippen molar-refractivity contribution < 1.29 is 0 Å². The van der Waals surface area contributed by atoms with Gasteiger partial charge in [-0.25, -0.2) is 9.98 Å². The monoisotopic (exact) mass is 451 g/mol. The largest absolute Gasteiger partial charge is 0.370 e. The van der Waals surface area contributed by atoms with Gasteiger partial charge < -0.3 is 16.0 Å². The third-order valence-electron chi connectivity index (χ3n) is 4.45. The van der Waals surface area contributed by atoms with Crippen molar-refractivity contribution in [3.63, 3.8) is 0 Å². The van der Waals surface area contributed by atoms with E-state index in [1.807, 2.05) is 12.3 Å². The van der Waals surface area contributed by atoms with Crippen LogP contribution in [0.4, 0.5) is 11.5 Å². The lowest BCUT2D eigenvalue weighted by atomic mass is 10.1. The lowest BCUT2D eigenvalue weighted by molar-refractivity contribution is 0.929. The molecule has 0 amide bonds. The molecule has 0 aliphatic carbocycles. The number of nitrogens with one attached hydrogen (secondary N) is 1. The quantitative estimate of drug-likeness (QED) is 0.421. The number of aryl methyl sites for hydroxylation is 2. The zero-order chi connectivity index (χ0) is 16.9. The summed E-state index contributed by atoms with van der Waals surface area (Å²) in [6, 6.07) is 10.3. The van der Waals surface area contributed by atoms with Crippen LogP contribution in [0.5, 0.6) is 0 Å².